The third-order valence-corrected chi connectivity index (χ3v) is 4.27. The number of nitrogens with zero attached hydrogens (tertiary/aromatic N) is 1. The van der Waals surface area contributed by atoms with Crippen LogP contribution in [-0.4, -0.2) is 16.1 Å². The molecule has 1 unspecified atom stereocenters. The number of hydrogen-bond acceptors (Lipinski definition) is 3. The first-order valence-electron chi connectivity index (χ1n) is 5.84. The van der Waals surface area contributed by atoms with Gasteiger partial charge in [-0.15, -0.1) is 11.3 Å². The summed E-state index contributed by atoms with van der Waals surface area (Å²) in [6.45, 7) is 1.73. The van der Waals surface area contributed by atoms with Gasteiger partial charge in [0.15, 0.2) is 0 Å². The molecule has 1 fully saturated rings. The average molecular weight is 239 g/mol. The van der Waals surface area contributed by atoms with E-state index >= 15 is 0 Å². The molecule has 0 spiro atoms. The molecule has 1 atom stereocenters. The number of carbonyl (C=O) groups is 1. The van der Waals surface area contributed by atoms with Crippen LogP contribution in [0.5, 0.6) is 0 Å². The van der Waals surface area contributed by atoms with Crippen LogP contribution in [0.4, 0.5) is 0 Å². The van der Waals surface area contributed by atoms with Crippen molar-refractivity contribution in [1.29, 1.82) is 0 Å². The summed E-state index contributed by atoms with van der Waals surface area (Å²) in [6, 6.07) is 0. The maximum atomic E-state index is 10.7. The molecule has 1 saturated carbocycles. The predicted molar refractivity (Wildman–Crippen MR) is 63.8 cm³/mol. The number of aromatic nitrogens is 1. The van der Waals surface area contributed by atoms with Crippen LogP contribution in [-0.2, 0) is 11.2 Å². The Labute approximate surface area is 99.5 Å². The number of hydrogen-bond donors (Lipinski definition) is 1. The topological polar surface area (TPSA) is 50.2 Å². The largest absolute Gasteiger partial charge is 0.481 e. The lowest BCUT2D eigenvalue weighted by Gasteiger charge is -2.04. The van der Waals surface area contributed by atoms with E-state index in [0.717, 1.165) is 5.69 Å². The Morgan fingerprint density at radius 3 is 2.94 bits per heavy atom. The molecule has 2 rings (SSSR count). The van der Waals surface area contributed by atoms with Crippen molar-refractivity contribution < 1.29 is 9.90 Å². The van der Waals surface area contributed by atoms with Gasteiger partial charge < -0.3 is 5.11 Å². The first-order valence-corrected chi connectivity index (χ1v) is 6.72. The van der Waals surface area contributed by atoms with Gasteiger partial charge in [-0.2, -0.15) is 0 Å². The van der Waals surface area contributed by atoms with Crippen LogP contribution in [0.15, 0.2) is 5.38 Å². The number of aliphatic carboxylic acids is 1. The van der Waals surface area contributed by atoms with E-state index < -0.39 is 5.97 Å². The average Bonchev–Trinajstić information content (AvgIpc) is 2.85. The second-order valence-corrected chi connectivity index (χ2v) is 5.49. The van der Waals surface area contributed by atoms with Gasteiger partial charge in [0.1, 0.15) is 0 Å². The highest BCUT2D eigenvalue weighted by atomic mass is 32.1. The van der Waals surface area contributed by atoms with Gasteiger partial charge in [0.25, 0.3) is 0 Å². The van der Waals surface area contributed by atoms with Gasteiger partial charge in [-0.1, -0.05) is 19.8 Å². The molecule has 1 aromatic rings. The van der Waals surface area contributed by atoms with E-state index in [4.69, 9.17) is 5.11 Å². The van der Waals surface area contributed by atoms with Crippen LogP contribution in [0.1, 0.15) is 49.2 Å². The maximum absolute atomic E-state index is 10.7. The summed E-state index contributed by atoms with van der Waals surface area (Å²) in [5, 5.41) is 12.1. The highest BCUT2D eigenvalue weighted by Gasteiger charge is 2.21. The smallest absolute Gasteiger partial charge is 0.306 e. The highest BCUT2D eigenvalue weighted by Crippen LogP contribution is 2.35. The van der Waals surface area contributed by atoms with Crippen LogP contribution in [0.2, 0.25) is 0 Å². The van der Waals surface area contributed by atoms with Gasteiger partial charge in [0.2, 0.25) is 0 Å². The molecule has 0 aliphatic heterocycles. The molecule has 0 saturated heterocycles. The Bertz CT molecular complexity index is 369. The van der Waals surface area contributed by atoms with Gasteiger partial charge in [-0.3, -0.25) is 4.79 Å². The Kier molecular flexibility index (Phi) is 3.59. The number of carboxylic acid groups (broad SMARTS) is 1. The minimum absolute atomic E-state index is 0.335. The van der Waals surface area contributed by atoms with Crippen LogP contribution < -0.4 is 0 Å². The zero-order valence-electron chi connectivity index (χ0n) is 9.48. The fraction of sp³-hybridized carbons (Fsp3) is 0.667. The molecule has 16 heavy (non-hydrogen) atoms. The van der Waals surface area contributed by atoms with Crippen molar-refractivity contribution in [2.75, 3.05) is 0 Å². The van der Waals surface area contributed by atoms with Crippen molar-refractivity contribution in [2.45, 2.75) is 44.9 Å². The summed E-state index contributed by atoms with van der Waals surface area (Å²) >= 11 is 1.70. The third-order valence-electron chi connectivity index (χ3n) is 3.21. The van der Waals surface area contributed by atoms with Crippen molar-refractivity contribution in [3.8, 4) is 0 Å². The molecule has 0 bridgehead atoms. The lowest BCUT2D eigenvalue weighted by molar-refractivity contribution is -0.141. The molecule has 1 heterocycles. The molecule has 1 aliphatic carbocycles. The van der Waals surface area contributed by atoms with Crippen molar-refractivity contribution in [1.82, 2.24) is 4.98 Å². The predicted octanol–water partition coefficient (Wildman–Crippen LogP) is 3.06. The molecule has 1 aliphatic rings. The first-order chi connectivity index (χ1) is 7.66. The van der Waals surface area contributed by atoms with E-state index in [1.807, 2.05) is 5.38 Å². The molecule has 1 aromatic heterocycles. The zero-order valence-corrected chi connectivity index (χ0v) is 10.3. The Balaban J connectivity index is 1.99. The van der Waals surface area contributed by atoms with Crippen LogP contribution in [0.3, 0.4) is 0 Å². The molecule has 4 heteroatoms. The number of carboxylic acids is 1. The van der Waals surface area contributed by atoms with E-state index in [1.54, 1.807) is 18.3 Å². The highest BCUT2D eigenvalue weighted by molar-refractivity contribution is 7.09. The van der Waals surface area contributed by atoms with E-state index in [9.17, 15) is 4.79 Å². The second kappa shape index (κ2) is 4.95. The van der Waals surface area contributed by atoms with Crippen molar-refractivity contribution in [2.24, 2.45) is 5.92 Å². The first kappa shape index (κ1) is 11.6. The molecule has 1 N–H and O–H groups in total. The standard InChI is InChI=1S/C12H17NO2S/c1-8(12(14)15)6-10-7-16-11(13-10)9-4-2-3-5-9/h7-9H,2-6H2,1H3,(H,14,15). The number of thiazole rings is 1. The van der Waals surface area contributed by atoms with E-state index in [2.05, 4.69) is 4.98 Å². The Morgan fingerprint density at radius 1 is 1.62 bits per heavy atom. The van der Waals surface area contributed by atoms with Gasteiger partial charge in [-0.25, -0.2) is 4.98 Å². The van der Waals surface area contributed by atoms with Crippen molar-refractivity contribution in [3.63, 3.8) is 0 Å². The molecule has 0 amide bonds. The summed E-state index contributed by atoms with van der Waals surface area (Å²) in [5.74, 6) is -0.437. The molecule has 0 aromatic carbocycles. The summed E-state index contributed by atoms with van der Waals surface area (Å²) in [4.78, 5) is 15.3. The van der Waals surface area contributed by atoms with E-state index in [-0.39, 0.29) is 5.92 Å². The van der Waals surface area contributed by atoms with Gasteiger partial charge in [-0.05, 0) is 12.8 Å². The summed E-state index contributed by atoms with van der Waals surface area (Å²) in [6.07, 6.45) is 5.68. The fourth-order valence-electron chi connectivity index (χ4n) is 2.18. The van der Waals surface area contributed by atoms with Gasteiger partial charge in [0, 0.05) is 17.7 Å². The minimum atomic E-state index is -0.740. The SMILES string of the molecule is CC(Cc1csc(C2CCCC2)n1)C(=O)O. The molecular formula is C12H17NO2S. The fourth-order valence-corrected chi connectivity index (χ4v) is 3.18. The van der Waals surface area contributed by atoms with Crippen LogP contribution >= 0.6 is 11.3 Å². The summed E-state index contributed by atoms with van der Waals surface area (Å²) in [5.41, 5.74) is 0.946. The monoisotopic (exact) mass is 239 g/mol. The minimum Gasteiger partial charge on any atom is -0.481 e. The molecule has 0 radical (unpaired) electrons. The number of rotatable bonds is 4. The molecule has 3 nitrogen and oxygen atoms in total. The van der Waals surface area contributed by atoms with E-state index in [1.165, 1.54) is 30.7 Å². The van der Waals surface area contributed by atoms with Crippen LogP contribution in [0, 0.1) is 5.92 Å². The van der Waals surface area contributed by atoms with Crippen molar-refractivity contribution in [3.05, 3.63) is 16.1 Å². The van der Waals surface area contributed by atoms with Crippen molar-refractivity contribution >= 4 is 17.3 Å². The van der Waals surface area contributed by atoms with Crippen LogP contribution in [0.25, 0.3) is 0 Å². The zero-order chi connectivity index (χ0) is 11.5. The molecule has 88 valence electrons. The summed E-state index contributed by atoms with van der Waals surface area (Å²) in [7, 11) is 0. The maximum Gasteiger partial charge on any atom is 0.306 e. The van der Waals surface area contributed by atoms with E-state index in [0.29, 0.717) is 12.3 Å². The summed E-state index contributed by atoms with van der Waals surface area (Å²) < 4.78 is 0. The second-order valence-electron chi connectivity index (χ2n) is 4.60. The van der Waals surface area contributed by atoms with Gasteiger partial charge in [0.05, 0.1) is 16.6 Å². The third kappa shape index (κ3) is 2.61. The van der Waals surface area contributed by atoms with Gasteiger partial charge >= 0.3 is 5.97 Å². The Morgan fingerprint density at radius 2 is 2.31 bits per heavy atom. The lowest BCUT2D eigenvalue weighted by Crippen LogP contribution is -2.12. The quantitative estimate of drug-likeness (QED) is 0.878. The normalized spacial score (nSPS) is 18.8. The lowest BCUT2D eigenvalue weighted by atomic mass is 10.1. The Hall–Kier alpha value is -0.900. The molecular weight excluding hydrogens is 222 g/mol.